The van der Waals surface area contributed by atoms with Crippen molar-refractivity contribution >= 4 is 17.8 Å². The molecule has 9 heteroatoms. The fourth-order valence-corrected chi connectivity index (χ4v) is 9.48. The molecule has 0 aliphatic rings. The van der Waals surface area contributed by atoms with Gasteiger partial charge in [0, 0.05) is 32.6 Å². The largest absolute Gasteiger partial charge is 0.465 e. The van der Waals surface area contributed by atoms with Crippen LogP contribution in [0.25, 0.3) is 0 Å². The first-order valence-corrected chi connectivity index (χ1v) is 29.9. The third-order valence-electron chi connectivity index (χ3n) is 14.2. The van der Waals surface area contributed by atoms with Crippen molar-refractivity contribution in [1.29, 1.82) is 0 Å². The van der Waals surface area contributed by atoms with E-state index in [0.717, 1.165) is 155 Å². The Kier molecular flexibility index (Phi) is 50.3. The minimum absolute atomic E-state index is 0.0343. The van der Waals surface area contributed by atoms with E-state index in [4.69, 9.17) is 9.47 Å². The molecule has 0 aromatic rings. The van der Waals surface area contributed by atoms with Crippen molar-refractivity contribution in [2.45, 2.75) is 279 Å². The van der Waals surface area contributed by atoms with E-state index >= 15 is 0 Å². The average molecular weight is 965 g/mol. The monoisotopic (exact) mass is 964 g/mol. The first-order chi connectivity index (χ1) is 33.3. The van der Waals surface area contributed by atoms with Crippen molar-refractivity contribution in [3.05, 3.63) is 0 Å². The number of hydrogen-bond acceptors (Lipinski definition) is 8. The number of aliphatic hydroxyl groups is 1. The highest BCUT2D eigenvalue weighted by molar-refractivity contribution is 5.76. The predicted octanol–water partition coefficient (Wildman–Crippen LogP) is 15.3. The maximum atomic E-state index is 12.8. The van der Waals surface area contributed by atoms with Crippen molar-refractivity contribution in [2.24, 2.45) is 11.8 Å². The fraction of sp³-hybridized carbons (Fsp3) is 0.949. The van der Waals surface area contributed by atoms with Crippen LogP contribution in [-0.2, 0) is 23.9 Å². The van der Waals surface area contributed by atoms with Crippen molar-refractivity contribution in [2.75, 3.05) is 72.7 Å². The van der Waals surface area contributed by atoms with Gasteiger partial charge < -0.3 is 29.3 Å². The highest BCUT2D eigenvalue weighted by Crippen LogP contribution is 2.21. The Morgan fingerprint density at radius 1 is 0.382 bits per heavy atom. The van der Waals surface area contributed by atoms with Crippen LogP contribution in [0.3, 0.4) is 0 Å². The highest BCUT2D eigenvalue weighted by atomic mass is 16.5. The van der Waals surface area contributed by atoms with Crippen molar-refractivity contribution in [3.63, 3.8) is 0 Å². The van der Waals surface area contributed by atoms with Gasteiger partial charge in [0.2, 0.25) is 5.91 Å². The lowest BCUT2D eigenvalue weighted by molar-refractivity contribution is -0.150. The van der Waals surface area contributed by atoms with Gasteiger partial charge >= 0.3 is 11.9 Å². The molecule has 0 aromatic heterocycles. The van der Waals surface area contributed by atoms with E-state index in [1.54, 1.807) is 0 Å². The number of esters is 2. The molecule has 68 heavy (non-hydrogen) atoms. The van der Waals surface area contributed by atoms with E-state index in [-0.39, 0.29) is 36.3 Å². The lowest BCUT2D eigenvalue weighted by Crippen LogP contribution is -2.36. The van der Waals surface area contributed by atoms with Gasteiger partial charge in [-0.25, -0.2) is 0 Å². The summed E-state index contributed by atoms with van der Waals surface area (Å²) in [7, 11) is 2.24. The maximum Gasteiger partial charge on any atom is 0.308 e. The van der Waals surface area contributed by atoms with Crippen LogP contribution in [0, 0.1) is 11.8 Å². The van der Waals surface area contributed by atoms with E-state index in [1.165, 1.54) is 122 Å². The van der Waals surface area contributed by atoms with Gasteiger partial charge in [-0.2, -0.15) is 0 Å². The SMILES string of the molecule is CCCCCCCC(=O)N(CCO)CCCCN(C)CCN(CCCCCCCCCOC(=O)C(CCCC)CCCCCC)CCCCCCCCCOC(=O)C(CCCC)CCCCCC. The number of hydrogen-bond donors (Lipinski definition) is 1. The number of carbonyl (C=O) groups excluding carboxylic acids is 3. The van der Waals surface area contributed by atoms with E-state index in [1.807, 2.05) is 4.90 Å². The van der Waals surface area contributed by atoms with Crippen LogP contribution < -0.4 is 0 Å². The topological polar surface area (TPSA) is 99.6 Å². The molecule has 0 saturated heterocycles. The van der Waals surface area contributed by atoms with E-state index in [9.17, 15) is 19.5 Å². The number of amides is 1. The van der Waals surface area contributed by atoms with Gasteiger partial charge in [-0.05, 0) is 97.3 Å². The number of unbranched alkanes of at least 4 members (excludes halogenated alkanes) is 25. The summed E-state index contributed by atoms with van der Waals surface area (Å²) in [4.78, 5) is 45.5. The normalized spacial score (nSPS) is 12.5. The molecule has 1 amide bonds. The number of likely N-dealkylation sites (N-methyl/N-ethyl adjacent to an activating group) is 1. The molecule has 0 aliphatic carbocycles. The van der Waals surface area contributed by atoms with Crippen LogP contribution in [0.1, 0.15) is 279 Å². The summed E-state index contributed by atoms with van der Waals surface area (Å²) in [5, 5.41) is 9.60. The summed E-state index contributed by atoms with van der Waals surface area (Å²) in [5.74, 6) is 0.491. The van der Waals surface area contributed by atoms with E-state index in [0.29, 0.717) is 26.2 Å². The summed E-state index contributed by atoms with van der Waals surface area (Å²) in [6, 6.07) is 0. The summed E-state index contributed by atoms with van der Waals surface area (Å²) >= 11 is 0. The molecule has 2 unspecified atom stereocenters. The van der Waals surface area contributed by atoms with E-state index in [2.05, 4.69) is 51.5 Å². The Labute approximate surface area is 423 Å². The molecule has 0 heterocycles. The quantitative estimate of drug-likeness (QED) is 0.0475. The molecule has 0 rings (SSSR count). The molecule has 0 spiro atoms. The fourth-order valence-electron chi connectivity index (χ4n) is 9.48. The van der Waals surface area contributed by atoms with Gasteiger partial charge in [0.1, 0.15) is 0 Å². The molecule has 0 fully saturated rings. The van der Waals surface area contributed by atoms with Crippen molar-refractivity contribution < 1.29 is 29.0 Å². The lowest BCUT2D eigenvalue weighted by Gasteiger charge is -2.26. The first-order valence-electron chi connectivity index (χ1n) is 29.9. The van der Waals surface area contributed by atoms with Crippen LogP contribution in [0.5, 0.6) is 0 Å². The van der Waals surface area contributed by atoms with Gasteiger partial charge in [-0.15, -0.1) is 0 Å². The molecule has 0 aromatic carbocycles. The second-order valence-electron chi connectivity index (χ2n) is 20.8. The van der Waals surface area contributed by atoms with Gasteiger partial charge in [0.25, 0.3) is 0 Å². The third-order valence-corrected chi connectivity index (χ3v) is 14.2. The van der Waals surface area contributed by atoms with Crippen LogP contribution in [0.4, 0.5) is 0 Å². The van der Waals surface area contributed by atoms with Crippen LogP contribution in [0.2, 0.25) is 0 Å². The lowest BCUT2D eigenvalue weighted by atomic mass is 9.95. The smallest absolute Gasteiger partial charge is 0.308 e. The van der Waals surface area contributed by atoms with Gasteiger partial charge in [0.05, 0.1) is 31.7 Å². The Balaban J connectivity index is 4.71. The second kappa shape index (κ2) is 51.6. The number of ether oxygens (including phenoxy) is 2. The first kappa shape index (κ1) is 66.3. The Bertz CT molecular complexity index is 1040. The minimum atomic E-state index is 0.0343. The minimum Gasteiger partial charge on any atom is -0.465 e. The van der Waals surface area contributed by atoms with Crippen LogP contribution >= 0.6 is 0 Å². The molecule has 2 atom stereocenters. The summed E-state index contributed by atoms with van der Waals surface area (Å²) in [6.07, 6.45) is 43.3. The maximum absolute atomic E-state index is 12.8. The summed E-state index contributed by atoms with van der Waals surface area (Å²) < 4.78 is 11.5. The third kappa shape index (κ3) is 42.0. The molecule has 0 radical (unpaired) electrons. The number of rotatable bonds is 54. The zero-order chi connectivity index (χ0) is 50.0. The molecule has 0 saturated carbocycles. The Hall–Kier alpha value is -1.71. The van der Waals surface area contributed by atoms with Crippen LogP contribution in [-0.4, -0.2) is 110 Å². The number of nitrogens with zero attached hydrogens (tertiary/aromatic N) is 3. The van der Waals surface area contributed by atoms with Gasteiger partial charge in [0.15, 0.2) is 0 Å². The van der Waals surface area contributed by atoms with Gasteiger partial charge in [-0.1, -0.05) is 202 Å². The Morgan fingerprint density at radius 3 is 1.21 bits per heavy atom. The zero-order valence-electron chi connectivity index (χ0n) is 46.4. The average Bonchev–Trinajstić information content (AvgIpc) is 3.34. The van der Waals surface area contributed by atoms with Gasteiger partial charge in [-0.3, -0.25) is 14.4 Å². The Morgan fingerprint density at radius 2 is 0.750 bits per heavy atom. The molecule has 404 valence electrons. The molecule has 0 aliphatic heterocycles. The van der Waals surface area contributed by atoms with Crippen molar-refractivity contribution in [3.8, 4) is 0 Å². The number of aliphatic hydroxyl groups excluding tert-OH is 1. The predicted molar refractivity (Wildman–Crippen MR) is 290 cm³/mol. The number of carbonyl (C=O) groups is 3. The highest BCUT2D eigenvalue weighted by Gasteiger charge is 2.20. The molecular formula is C59H117N3O6. The molecular weight excluding hydrogens is 847 g/mol. The molecule has 9 nitrogen and oxygen atoms in total. The van der Waals surface area contributed by atoms with Crippen molar-refractivity contribution in [1.82, 2.24) is 14.7 Å². The second-order valence-corrected chi connectivity index (χ2v) is 20.8. The van der Waals surface area contributed by atoms with Crippen LogP contribution in [0.15, 0.2) is 0 Å². The standard InChI is InChI=1S/C59H117N3O6/c1-7-12-17-26-33-44-57(64)62(51-52-63)48-37-36-45-60(6)49-50-61(46-34-27-22-20-24-29-38-53-67-58(65)55(40-15-10-4)42-31-18-13-8-2)47-35-28-23-21-25-30-39-54-68-59(66)56(41-16-11-5)43-32-19-14-9-3/h55-56,63H,7-54H2,1-6H3. The summed E-state index contributed by atoms with van der Waals surface area (Å²) in [6.45, 7) is 19.0. The zero-order valence-corrected chi connectivity index (χ0v) is 46.4. The molecule has 1 N–H and O–H groups in total. The summed E-state index contributed by atoms with van der Waals surface area (Å²) in [5.41, 5.74) is 0. The van der Waals surface area contributed by atoms with E-state index < -0.39 is 0 Å². The molecule has 0 bridgehead atoms.